The van der Waals surface area contributed by atoms with Crippen molar-refractivity contribution in [2.45, 2.75) is 0 Å². The second-order valence-electron chi connectivity index (χ2n) is 6.24. The third-order valence-corrected chi connectivity index (χ3v) is 6.43. The van der Waals surface area contributed by atoms with E-state index in [-0.39, 0.29) is 0 Å². The first-order chi connectivity index (χ1) is 12.1. The number of fused-ring (bicyclic) bond motifs is 7. The summed E-state index contributed by atoms with van der Waals surface area (Å²) in [4.78, 5) is 0. The molecule has 0 aromatic heterocycles. The second kappa shape index (κ2) is 5.80. The predicted molar refractivity (Wildman–Crippen MR) is 120 cm³/mol. The van der Waals surface area contributed by atoms with E-state index in [0.29, 0.717) is 0 Å². The first kappa shape index (κ1) is 15.8. The zero-order chi connectivity index (χ0) is 17.1. The Hall–Kier alpha value is -1.42. The molecule has 120 valence electrons. The van der Waals surface area contributed by atoms with E-state index < -0.39 is 0 Å². The van der Waals surface area contributed by atoms with Crippen molar-refractivity contribution in [1.29, 1.82) is 0 Å². The number of rotatable bonds is 0. The van der Waals surface area contributed by atoms with Gasteiger partial charge in [-0.3, -0.25) is 0 Å². The summed E-state index contributed by atoms with van der Waals surface area (Å²) in [6.07, 6.45) is 0. The summed E-state index contributed by atoms with van der Waals surface area (Å²) in [5.41, 5.74) is 0. The molecule has 5 rings (SSSR count). The Kier molecular flexibility index (Phi) is 3.67. The quantitative estimate of drug-likeness (QED) is 0.181. The molecule has 0 radical (unpaired) electrons. The normalized spacial score (nSPS) is 11.8. The Morgan fingerprint density at radius 3 is 1.64 bits per heavy atom. The summed E-state index contributed by atoms with van der Waals surface area (Å²) < 4.78 is 3.33. The molecule has 0 nitrogen and oxygen atoms in total. The maximum Gasteiger partial charge on any atom is 0.0260 e. The van der Waals surface area contributed by atoms with E-state index in [9.17, 15) is 0 Å². The van der Waals surface area contributed by atoms with Crippen LogP contribution in [0.1, 0.15) is 0 Å². The summed E-state index contributed by atoms with van der Waals surface area (Å²) in [5.74, 6) is 0. The average Bonchev–Trinajstić information content (AvgIpc) is 2.61. The van der Waals surface area contributed by atoms with Gasteiger partial charge in [-0.25, -0.2) is 0 Å². The number of benzene rings is 5. The van der Waals surface area contributed by atoms with Gasteiger partial charge in [-0.2, -0.15) is 0 Å². The van der Waals surface area contributed by atoms with Crippen molar-refractivity contribution in [3.63, 3.8) is 0 Å². The van der Waals surface area contributed by atoms with E-state index in [0.717, 1.165) is 13.4 Å². The van der Waals surface area contributed by atoms with Crippen molar-refractivity contribution >= 4 is 90.9 Å². The molecule has 0 N–H and O–H groups in total. The standard InChI is InChI=1S/C22H11Br3/c23-15-6-3-12-1-2-14-9-20(25)17-8-5-13-4-7-16(24)11-19(13)22(17)21(14)18(12)10-15/h1-11H. The Labute approximate surface area is 170 Å². The van der Waals surface area contributed by atoms with Gasteiger partial charge < -0.3 is 0 Å². The maximum atomic E-state index is 3.78. The summed E-state index contributed by atoms with van der Waals surface area (Å²) in [5, 5.41) is 10.1. The highest BCUT2D eigenvalue weighted by atomic mass is 79.9. The van der Waals surface area contributed by atoms with E-state index in [4.69, 9.17) is 0 Å². The molecule has 0 aliphatic heterocycles. The molecule has 3 heteroatoms. The molecule has 0 aliphatic carbocycles. The van der Waals surface area contributed by atoms with Crippen LogP contribution < -0.4 is 0 Å². The monoisotopic (exact) mass is 512 g/mol. The van der Waals surface area contributed by atoms with Gasteiger partial charge in [0.2, 0.25) is 0 Å². The zero-order valence-electron chi connectivity index (χ0n) is 13.0. The van der Waals surface area contributed by atoms with E-state index in [1.165, 1.54) is 43.1 Å². The van der Waals surface area contributed by atoms with Crippen molar-refractivity contribution in [2.75, 3.05) is 0 Å². The van der Waals surface area contributed by atoms with E-state index in [1.807, 2.05) is 0 Å². The van der Waals surface area contributed by atoms with Crippen molar-refractivity contribution in [3.8, 4) is 0 Å². The van der Waals surface area contributed by atoms with Crippen molar-refractivity contribution < 1.29 is 0 Å². The smallest absolute Gasteiger partial charge is 0.0260 e. The van der Waals surface area contributed by atoms with Crippen LogP contribution in [0, 0.1) is 0 Å². The highest BCUT2D eigenvalue weighted by Gasteiger charge is 2.12. The van der Waals surface area contributed by atoms with Gasteiger partial charge in [-0.15, -0.1) is 0 Å². The summed E-state index contributed by atoms with van der Waals surface area (Å²) in [6.45, 7) is 0. The molecule has 0 spiro atoms. The van der Waals surface area contributed by atoms with E-state index in [2.05, 4.69) is 115 Å². The Bertz CT molecular complexity index is 1320. The molecule has 0 bridgehead atoms. The molecule has 0 atom stereocenters. The topological polar surface area (TPSA) is 0 Å². The first-order valence-corrected chi connectivity index (χ1v) is 10.3. The minimum Gasteiger partial charge on any atom is -0.0537 e. The Morgan fingerprint density at radius 2 is 0.960 bits per heavy atom. The van der Waals surface area contributed by atoms with Crippen LogP contribution >= 0.6 is 47.8 Å². The third-order valence-electron chi connectivity index (χ3n) is 4.79. The third kappa shape index (κ3) is 2.44. The molecule has 0 saturated carbocycles. The van der Waals surface area contributed by atoms with Gasteiger partial charge in [-0.05, 0) is 73.4 Å². The van der Waals surface area contributed by atoms with Crippen LogP contribution in [0.15, 0.2) is 80.1 Å². The predicted octanol–water partition coefficient (Wildman–Crippen LogP) is 8.59. The van der Waals surface area contributed by atoms with Crippen molar-refractivity contribution in [3.05, 3.63) is 80.1 Å². The Balaban J connectivity index is 2.19. The van der Waals surface area contributed by atoms with Crippen LogP contribution in [0.25, 0.3) is 43.1 Å². The number of halogens is 3. The summed E-state index contributed by atoms with van der Waals surface area (Å²) in [6, 6.07) is 24.0. The van der Waals surface area contributed by atoms with Crippen LogP contribution in [-0.4, -0.2) is 0 Å². The zero-order valence-corrected chi connectivity index (χ0v) is 17.7. The maximum absolute atomic E-state index is 3.78. The van der Waals surface area contributed by atoms with Gasteiger partial charge >= 0.3 is 0 Å². The second-order valence-corrected chi connectivity index (χ2v) is 8.93. The largest absolute Gasteiger partial charge is 0.0537 e. The average molecular weight is 515 g/mol. The van der Waals surface area contributed by atoms with Crippen LogP contribution in [0.3, 0.4) is 0 Å². The lowest BCUT2D eigenvalue weighted by atomic mass is 9.93. The highest BCUT2D eigenvalue weighted by Crippen LogP contribution is 2.41. The van der Waals surface area contributed by atoms with Gasteiger partial charge in [-0.1, -0.05) is 84.2 Å². The van der Waals surface area contributed by atoms with E-state index in [1.54, 1.807) is 0 Å². The van der Waals surface area contributed by atoms with Crippen LogP contribution in [-0.2, 0) is 0 Å². The molecule has 25 heavy (non-hydrogen) atoms. The van der Waals surface area contributed by atoms with Gasteiger partial charge in [0.1, 0.15) is 0 Å². The molecular formula is C22H11Br3. The molecule has 0 heterocycles. The van der Waals surface area contributed by atoms with Gasteiger partial charge in [0.05, 0.1) is 0 Å². The fourth-order valence-electron chi connectivity index (χ4n) is 3.68. The SMILES string of the molecule is Brc1ccc2ccc3cc(Br)c4ccc5ccc(Br)cc5c4c3c2c1. The summed E-state index contributed by atoms with van der Waals surface area (Å²) >= 11 is 11.1. The number of hydrogen-bond donors (Lipinski definition) is 0. The molecule has 0 amide bonds. The van der Waals surface area contributed by atoms with Crippen LogP contribution in [0.4, 0.5) is 0 Å². The highest BCUT2D eigenvalue weighted by molar-refractivity contribution is 9.11. The molecule has 0 fully saturated rings. The number of hydrogen-bond acceptors (Lipinski definition) is 0. The van der Waals surface area contributed by atoms with Gasteiger partial charge in [0.25, 0.3) is 0 Å². The Morgan fingerprint density at radius 1 is 0.440 bits per heavy atom. The summed E-state index contributed by atoms with van der Waals surface area (Å²) in [7, 11) is 0. The molecule has 5 aromatic rings. The minimum absolute atomic E-state index is 1.10. The molecule has 0 aliphatic rings. The van der Waals surface area contributed by atoms with Gasteiger partial charge in [0, 0.05) is 13.4 Å². The molecule has 0 saturated heterocycles. The van der Waals surface area contributed by atoms with Crippen LogP contribution in [0.5, 0.6) is 0 Å². The van der Waals surface area contributed by atoms with Crippen LogP contribution in [0.2, 0.25) is 0 Å². The first-order valence-electron chi connectivity index (χ1n) is 7.94. The lowest BCUT2D eigenvalue weighted by Gasteiger charge is -2.13. The minimum atomic E-state index is 1.10. The molecule has 5 aromatic carbocycles. The van der Waals surface area contributed by atoms with Crippen molar-refractivity contribution in [1.82, 2.24) is 0 Å². The fraction of sp³-hybridized carbons (Fsp3) is 0. The lowest BCUT2D eigenvalue weighted by molar-refractivity contribution is 1.71. The molecule has 0 unspecified atom stereocenters. The van der Waals surface area contributed by atoms with Crippen molar-refractivity contribution in [2.24, 2.45) is 0 Å². The molecular weight excluding hydrogens is 504 g/mol. The van der Waals surface area contributed by atoms with E-state index >= 15 is 0 Å². The fourth-order valence-corrected chi connectivity index (χ4v) is 4.98. The van der Waals surface area contributed by atoms with Gasteiger partial charge in [0.15, 0.2) is 0 Å². The lowest BCUT2D eigenvalue weighted by Crippen LogP contribution is -1.85.